The molecule has 0 saturated heterocycles. The summed E-state index contributed by atoms with van der Waals surface area (Å²) in [6, 6.07) is 16.1. The maximum atomic E-state index is 13.0. The van der Waals surface area contributed by atoms with Crippen LogP contribution in [0.5, 0.6) is 5.75 Å². The number of rotatable bonds is 7. The average Bonchev–Trinajstić information content (AvgIpc) is 2.76. The third-order valence-electron chi connectivity index (χ3n) is 4.83. The molecule has 8 nitrogen and oxygen atoms in total. The van der Waals surface area contributed by atoms with Crippen molar-refractivity contribution >= 4 is 27.4 Å². The van der Waals surface area contributed by atoms with E-state index >= 15 is 0 Å². The molecule has 0 bridgehead atoms. The molecular weight excluding hydrogens is 432 g/mol. The summed E-state index contributed by atoms with van der Waals surface area (Å²) in [5.41, 5.74) is 2.88. The fourth-order valence-electron chi connectivity index (χ4n) is 3.27. The highest BCUT2D eigenvalue weighted by Crippen LogP contribution is 2.25. The fourth-order valence-corrected chi connectivity index (χ4v) is 4.24. The fraction of sp³-hybridized carbons (Fsp3) is 0.174. The van der Waals surface area contributed by atoms with Gasteiger partial charge in [-0.05, 0) is 62.7 Å². The van der Waals surface area contributed by atoms with E-state index in [2.05, 4.69) is 0 Å². The minimum absolute atomic E-state index is 0.0115. The van der Waals surface area contributed by atoms with E-state index in [0.29, 0.717) is 12.1 Å². The van der Waals surface area contributed by atoms with Crippen molar-refractivity contribution in [1.29, 1.82) is 0 Å². The Bertz CT molecular complexity index is 1270. The first-order valence-electron chi connectivity index (χ1n) is 9.80. The molecule has 0 radical (unpaired) electrons. The van der Waals surface area contributed by atoms with Crippen LogP contribution in [0.15, 0.2) is 71.6 Å². The zero-order valence-electron chi connectivity index (χ0n) is 17.8. The van der Waals surface area contributed by atoms with E-state index in [0.717, 1.165) is 22.9 Å². The monoisotopic (exact) mass is 454 g/mol. The van der Waals surface area contributed by atoms with Gasteiger partial charge in [0.2, 0.25) is 0 Å². The molecule has 3 aromatic carbocycles. The van der Waals surface area contributed by atoms with Crippen molar-refractivity contribution in [3.05, 3.63) is 93.5 Å². The molecular formula is C23H22N2O6S. The van der Waals surface area contributed by atoms with E-state index < -0.39 is 15.0 Å². The summed E-state index contributed by atoms with van der Waals surface area (Å²) in [6.07, 6.45) is 0. The summed E-state index contributed by atoms with van der Waals surface area (Å²) in [5, 5.41) is 10.9. The van der Waals surface area contributed by atoms with E-state index in [9.17, 15) is 23.3 Å². The highest BCUT2D eigenvalue weighted by atomic mass is 32.2. The number of nitro benzene ring substituents is 1. The van der Waals surface area contributed by atoms with Gasteiger partial charge in [0, 0.05) is 29.9 Å². The van der Waals surface area contributed by atoms with Gasteiger partial charge in [-0.15, -0.1) is 0 Å². The third-order valence-corrected chi connectivity index (χ3v) is 6.07. The van der Waals surface area contributed by atoms with Crippen LogP contribution in [0.25, 0.3) is 0 Å². The van der Waals surface area contributed by atoms with Gasteiger partial charge in [-0.25, -0.2) is 0 Å². The van der Waals surface area contributed by atoms with Crippen molar-refractivity contribution in [1.82, 2.24) is 0 Å². The van der Waals surface area contributed by atoms with Crippen LogP contribution in [-0.2, 0) is 10.1 Å². The lowest BCUT2D eigenvalue weighted by Crippen LogP contribution is -2.31. The first-order valence-corrected chi connectivity index (χ1v) is 11.2. The van der Waals surface area contributed by atoms with E-state index in [1.165, 1.54) is 42.5 Å². The zero-order chi connectivity index (χ0) is 23.5. The molecule has 0 aromatic heterocycles. The van der Waals surface area contributed by atoms with Crippen molar-refractivity contribution in [3.8, 4) is 5.75 Å². The largest absolute Gasteiger partial charge is 0.379 e. The Balaban J connectivity index is 1.81. The first-order chi connectivity index (χ1) is 15.1. The van der Waals surface area contributed by atoms with Crippen LogP contribution in [0.1, 0.15) is 28.4 Å². The molecule has 3 rings (SSSR count). The van der Waals surface area contributed by atoms with E-state index in [1.807, 2.05) is 39.0 Å². The lowest BCUT2D eigenvalue weighted by atomic mass is 10.1. The van der Waals surface area contributed by atoms with Gasteiger partial charge in [-0.2, -0.15) is 8.42 Å². The first kappa shape index (κ1) is 23.0. The van der Waals surface area contributed by atoms with Crippen molar-refractivity contribution in [2.24, 2.45) is 0 Å². The number of carbonyl (C=O) groups excluding carboxylic acids is 1. The molecule has 0 aliphatic carbocycles. The highest BCUT2D eigenvalue weighted by Gasteiger charge is 2.21. The molecule has 1 amide bonds. The second kappa shape index (κ2) is 9.19. The molecule has 32 heavy (non-hydrogen) atoms. The molecule has 166 valence electrons. The van der Waals surface area contributed by atoms with Crippen LogP contribution in [0.2, 0.25) is 0 Å². The standard InChI is InChI=1S/C23H22N2O6S/c1-4-24(22-13-8-16(2)14-17(22)3)23(26)18-9-11-20(12-10-18)31-32(29,30)21-7-5-6-19(15-21)25(27)28/h5-15H,4H2,1-3H3. The Labute approximate surface area is 186 Å². The molecule has 0 unspecified atom stereocenters. The summed E-state index contributed by atoms with van der Waals surface area (Å²) in [6.45, 7) is 6.26. The Morgan fingerprint density at radius 3 is 2.31 bits per heavy atom. The molecule has 0 saturated carbocycles. The summed E-state index contributed by atoms with van der Waals surface area (Å²) >= 11 is 0. The number of amides is 1. The molecule has 0 spiro atoms. The Kier molecular flexibility index (Phi) is 6.59. The molecule has 3 aromatic rings. The van der Waals surface area contributed by atoms with Gasteiger partial charge >= 0.3 is 10.1 Å². The van der Waals surface area contributed by atoms with Gasteiger partial charge in [0.05, 0.1) is 4.92 Å². The molecule has 0 heterocycles. The number of aryl methyl sites for hydroxylation is 2. The van der Waals surface area contributed by atoms with Crippen LogP contribution in [-0.4, -0.2) is 25.8 Å². The van der Waals surface area contributed by atoms with Gasteiger partial charge in [-0.1, -0.05) is 23.8 Å². The van der Waals surface area contributed by atoms with E-state index in [4.69, 9.17) is 4.18 Å². The second-order valence-corrected chi connectivity index (χ2v) is 8.70. The topological polar surface area (TPSA) is 107 Å². The molecule has 0 aliphatic rings. The number of nitrogens with zero attached hydrogens (tertiary/aromatic N) is 2. The van der Waals surface area contributed by atoms with Crippen LogP contribution in [0.3, 0.4) is 0 Å². The third kappa shape index (κ3) is 4.94. The Morgan fingerprint density at radius 2 is 1.72 bits per heavy atom. The van der Waals surface area contributed by atoms with Gasteiger partial charge in [0.15, 0.2) is 0 Å². The summed E-state index contributed by atoms with van der Waals surface area (Å²) in [4.78, 5) is 24.6. The highest BCUT2D eigenvalue weighted by molar-refractivity contribution is 7.87. The lowest BCUT2D eigenvalue weighted by molar-refractivity contribution is -0.385. The average molecular weight is 455 g/mol. The smallest absolute Gasteiger partial charge is 0.339 e. The van der Waals surface area contributed by atoms with Crippen LogP contribution in [0, 0.1) is 24.0 Å². The number of hydrogen-bond acceptors (Lipinski definition) is 6. The van der Waals surface area contributed by atoms with Crippen molar-refractivity contribution < 1.29 is 22.3 Å². The Morgan fingerprint density at radius 1 is 1.03 bits per heavy atom. The zero-order valence-corrected chi connectivity index (χ0v) is 18.6. The Hall–Kier alpha value is -3.72. The number of benzene rings is 3. The van der Waals surface area contributed by atoms with Gasteiger partial charge < -0.3 is 9.08 Å². The van der Waals surface area contributed by atoms with Crippen molar-refractivity contribution in [2.75, 3.05) is 11.4 Å². The minimum atomic E-state index is -4.28. The number of non-ortho nitro benzene ring substituents is 1. The minimum Gasteiger partial charge on any atom is -0.379 e. The van der Waals surface area contributed by atoms with Crippen molar-refractivity contribution in [3.63, 3.8) is 0 Å². The SMILES string of the molecule is CCN(C(=O)c1ccc(OS(=O)(=O)c2cccc([N+](=O)[O-])c2)cc1)c1ccc(C)cc1C. The second-order valence-electron chi connectivity index (χ2n) is 7.16. The molecule has 0 fully saturated rings. The molecule has 0 N–H and O–H groups in total. The van der Waals surface area contributed by atoms with Crippen LogP contribution in [0.4, 0.5) is 11.4 Å². The quantitative estimate of drug-likeness (QED) is 0.292. The van der Waals surface area contributed by atoms with Gasteiger partial charge in [0.1, 0.15) is 10.6 Å². The maximum Gasteiger partial charge on any atom is 0.339 e. The summed E-state index contributed by atoms with van der Waals surface area (Å²) < 4.78 is 30.0. The maximum absolute atomic E-state index is 13.0. The summed E-state index contributed by atoms with van der Waals surface area (Å²) in [5.74, 6) is -0.241. The van der Waals surface area contributed by atoms with Gasteiger partial charge in [0.25, 0.3) is 11.6 Å². The molecule has 0 aliphatic heterocycles. The molecule has 9 heteroatoms. The number of nitro groups is 1. The van der Waals surface area contributed by atoms with E-state index in [-0.39, 0.29) is 22.2 Å². The number of carbonyl (C=O) groups is 1. The predicted molar refractivity (Wildman–Crippen MR) is 121 cm³/mol. The predicted octanol–water partition coefficient (Wildman–Crippen LogP) is 4.65. The number of hydrogen-bond donors (Lipinski definition) is 0. The molecule has 0 atom stereocenters. The van der Waals surface area contributed by atoms with Crippen LogP contribution >= 0.6 is 0 Å². The van der Waals surface area contributed by atoms with Crippen molar-refractivity contribution in [2.45, 2.75) is 25.7 Å². The number of anilines is 1. The normalized spacial score (nSPS) is 11.1. The van der Waals surface area contributed by atoms with E-state index in [1.54, 1.807) is 4.90 Å². The lowest BCUT2D eigenvalue weighted by Gasteiger charge is -2.23. The van der Waals surface area contributed by atoms with Crippen LogP contribution < -0.4 is 9.08 Å². The summed E-state index contributed by atoms with van der Waals surface area (Å²) in [7, 11) is -4.28. The van der Waals surface area contributed by atoms with Gasteiger partial charge in [-0.3, -0.25) is 14.9 Å².